The van der Waals surface area contributed by atoms with Gasteiger partial charge < -0.3 is 10.3 Å². The van der Waals surface area contributed by atoms with Gasteiger partial charge in [-0.25, -0.2) is 9.97 Å². The van der Waals surface area contributed by atoms with Crippen LogP contribution in [0.4, 0.5) is 5.82 Å². The zero-order valence-electron chi connectivity index (χ0n) is 14.2. The second-order valence-electron chi connectivity index (χ2n) is 6.06. The van der Waals surface area contributed by atoms with Gasteiger partial charge in [-0.1, -0.05) is 19.9 Å². The van der Waals surface area contributed by atoms with Crippen molar-refractivity contribution in [1.29, 1.82) is 0 Å². The molecule has 0 spiro atoms. The van der Waals surface area contributed by atoms with Gasteiger partial charge in [0.05, 0.1) is 6.04 Å². The van der Waals surface area contributed by atoms with E-state index in [9.17, 15) is 0 Å². The number of rotatable bonds is 5. The van der Waals surface area contributed by atoms with Gasteiger partial charge in [0.25, 0.3) is 0 Å². The Bertz CT molecular complexity index is 774. The van der Waals surface area contributed by atoms with E-state index in [0.717, 1.165) is 17.8 Å². The molecular formula is C18H23Cl2N5. The summed E-state index contributed by atoms with van der Waals surface area (Å²) in [6.45, 7) is 4.45. The number of anilines is 1. The van der Waals surface area contributed by atoms with Crippen molar-refractivity contribution in [3.05, 3.63) is 60.8 Å². The number of pyridine rings is 2. The minimum atomic E-state index is 0. The van der Waals surface area contributed by atoms with E-state index in [1.807, 2.05) is 36.8 Å². The summed E-state index contributed by atoms with van der Waals surface area (Å²) in [4.78, 5) is 12.9. The molecule has 0 aliphatic rings. The second kappa shape index (κ2) is 9.39. The van der Waals surface area contributed by atoms with Gasteiger partial charge in [-0.2, -0.15) is 0 Å². The average Bonchev–Trinajstić information content (AvgIpc) is 3.02. The van der Waals surface area contributed by atoms with Crippen LogP contribution in [0.1, 0.15) is 31.9 Å². The fourth-order valence-corrected chi connectivity index (χ4v) is 2.81. The molecule has 3 rings (SSSR count). The van der Waals surface area contributed by atoms with E-state index in [1.54, 1.807) is 12.4 Å². The molecule has 3 aromatic rings. The van der Waals surface area contributed by atoms with E-state index in [-0.39, 0.29) is 30.9 Å². The van der Waals surface area contributed by atoms with E-state index in [0.29, 0.717) is 11.7 Å². The first-order valence-electron chi connectivity index (χ1n) is 7.80. The minimum Gasteiger partial charge on any atom is -0.384 e. The van der Waals surface area contributed by atoms with Crippen LogP contribution < -0.4 is 5.73 Å². The quantitative estimate of drug-likeness (QED) is 0.712. The number of aromatic nitrogens is 4. The van der Waals surface area contributed by atoms with Crippen LogP contribution in [0, 0.1) is 5.92 Å². The molecule has 0 radical (unpaired) electrons. The van der Waals surface area contributed by atoms with E-state index in [4.69, 9.17) is 5.73 Å². The second-order valence-corrected chi connectivity index (χ2v) is 6.06. The monoisotopic (exact) mass is 379 g/mol. The highest BCUT2D eigenvalue weighted by molar-refractivity contribution is 5.85. The first kappa shape index (κ1) is 20.9. The summed E-state index contributed by atoms with van der Waals surface area (Å²) in [6.07, 6.45) is 10.3. The van der Waals surface area contributed by atoms with Crippen molar-refractivity contribution >= 4 is 30.6 Å². The van der Waals surface area contributed by atoms with E-state index in [1.165, 1.54) is 5.56 Å². The molecule has 0 saturated carbocycles. The predicted octanol–water partition coefficient (Wildman–Crippen LogP) is 4.40. The van der Waals surface area contributed by atoms with Crippen molar-refractivity contribution in [2.24, 2.45) is 5.92 Å². The lowest BCUT2D eigenvalue weighted by Gasteiger charge is -2.23. The maximum Gasteiger partial charge on any atom is 0.140 e. The molecule has 0 aromatic carbocycles. The number of imidazole rings is 1. The van der Waals surface area contributed by atoms with Gasteiger partial charge in [0.1, 0.15) is 11.6 Å². The van der Waals surface area contributed by atoms with Crippen molar-refractivity contribution in [3.63, 3.8) is 0 Å². The third kappa shape index (κ3) is 4.94. The Morgan fingerprint density at radius 1 is 1.08 bits per heavy atom. The van der Waals surface area contributed by atoms with Crippen LogP contribution in [0.15, 0.2) is 55.2 Å². The predicted molar refractivity (Wildman–Crippen MR) is 106 cm³/mol. The lowest BCUT2D eigenvalue weighted by Crippen LogP contribution is -2.14. The van der Waals surface area contributed by atoms with E-state index < -0.39 is 0 Å². The van der Waals surface area contributed by atoms with Gasteiger partial charge in [-0.15, -0.1) is 24.8 Å². The number of hydrogen-bond donors (Lipinski definition) is 1. The summed E-state index contributed by atoms with van der Waals surface area (Å²) in [5.74, 6) is 1.95. The van der Waals surface area contributed by atoms with Crippen LogP contribution in [0.5, 0.6) is 0 Å². The molecule has 0 fully saturated rings. The van der Waals surface area contributed by atoms with Crippen molar-refractivity contribution in [2.75, 3.05) is 5.73 Å². The van der Waals surface area contributed by atoms with Gasteiger partial charge in [0.2, 0.25) is 0 Å². The van der Waals surface area contributed by atoms with Crippen LogP contribution >= 0.6 is 24.8 Å². The summed E-state index contributed by atoms with van der Waals surface area (Å²) in [7, 11) is 0. The summed E-state index contributed by atoms with van der Waals surface area (Å²) in [5.41, 5.74) is 7.98. The highest BCUT2D eigenvalue weighted by Crippen LogP contribution is 2.30. The lowest BCUT2D eigenvalue weighted by molar-refractivity contribution is 0.453. The topological polar surface area (TPSA) is 69.6 Å². The minimum absolute atomic E-state index is 0. The summed E-state index contributed by atoms with van der Waals surface area (Å²) in [5, 5.41) is 0. The van der Waals surface area contributed by atoms with Gasteiger partial charge in [0.15, 0.2) is 0 Å². The molecule has 2 N–H and O–H groups in total. The van der Waals surface area contributed by atoms with Crippen molar-refractivity contribution in [3.8, 4) is 11.4 Å². The summed E-state index contributed by atoms with van der Waals surface area (Å²) < 4.78 is 2.20. The summed E-state index contributed by atoms with van der Waals surface area (Å²) in [6, 6.07) is 8.07. The molecule has 1 unspecified atom stereocenters. The van der Waals surface area contributed by atoms with Gasteiger partial charge >= 0.3 is 0 Å². The molecule has 5 nitrogen and oxygen atoms in total. The summed E-state index contributed by atoms with van der Waals surface area (Å²) >= 11 is 0. The molecule has 134 valence electrons. The van der Waals surface area contributed by atoms with Gasteiger partial charge in [-0.05, 0) is 36.1 Å². The number of nitrogens with zero attached hydrogens (tertiary/aromatic N) is 4. The molecule has 1 atom stereocenters. The zero-order chi connectivity index (χ0) is 16.2. The van der Waals surface area contributed by atoms with Crippen molar-refractivity contribution in [2.45, 2.75) is 26.3 Å². The van der Waals surface area contributed by atoms with Gasteiger partial charge in [-0.3, -0.25) is 4.98 Å². The maximum atomic E-state index is 5.82. The zero-order valence-corrected chi connectivity index (χ0v) is 15.9. The molecule has 0 saturated heterocycles. The van der Waals surface area contributed by atoms with Crippen molar-refractivity contribution < 1.29 is 0 Å². The first-order chi connectivity index (χ1) is 11.1. The lowest BCUT2D eigenvalue weighted by atomic mass is 9.97. The maximum absolute atomic E-state index is 5.82. The highest BCUT2D eigenvalue weighted by atomic mass is 35.5. The average molecular weight is 380 g/mol. The molecule has 25 heavy (non-hydrogen) atoms. The number of nitrogen functional groups attached to an aromatic ring is 1. The smallest absolute Gasteiger partial charge is 0.140 e. The SMILES string of the molecule is CC(C)CC(c1cccnc1)n1ccnc1-c1ccnc(N)c1.Cl.Cl. The van der Waals surface area contributed by atoms with Crippen molar-refractivity contribution in [1.82, 2.24) is 19.5 Å². The Kier molecular flexibility index (Phi) is 7.87. The first-order valence-corrected chi connectivity index (χ1v) is 7.80. The Balaban J connectivity index is 0.00000156. The van der Waals surface area contributed by atoms with E-state index >= 15 is 0 Å². The molecule has 3 heterocycles. The molecule has 3 aromatic heterocycles. The molecule has 0 amide bonds. The number of halogens is 2. The Labute approximate surface area is 160 Å². The fraction of sp³-hybridized carbons (Fsp3) is 0.278. The molecule has 7 heteroatoms. The fourth-order valence-electron chi connectivity index (χ4n) is 2.81. The van der Waals surface area contributed by atoms with Crippen LogP contribution in [0.25, 0.3) is 11.4 Å². The Morgan fingerprint density at radius 3 is 2.52 bits per heavy atom. The number of hydrogen-bond acceptors (Lipinski definition) is 4. The van der Waals surface area contributed by atoms with Gasteiger partial charge in [0, 0.05) is 36.5 Å². The molecule has 0 aliphatic heterocycles. The third-order valence-electron chi connectivity index (χ3n) is 3.81. The van der Waals surface area contributed by atoms with Crippen LogP contribution in [-0.4, -0.2) is 19.5 Å². The normalized spacial score (nSPS) is 11.5. The van der Waals surface area contributed by atoms with Crippen LogP contribution in [-0.2, 0) is 0 Å². The third-order valence-corrected chi connectivity index (χ3v) is 3.81. The molecular weight excluding hydrogens is 357 g/mol. The standard InChI is InChI=1S/C18H21N5.2ClH/c1-13(2)10-16(15-4-3-6-20-12-15)23-9-8-22-18(23)14-5-7-21-17(19)11-14;;/h3-9,11-13,16H,10H2,1-2H3,(H2,19,21);2*1H. The van der Waals surface area contributed by atoms with E-state index in [2.05, 4.69) is 39.4 Å². The highest BCUT2D eigenvalue weighted by Gasteiger charge is 2.19. The Hall–Kier alpha value is -2.11. The van der Waals surface area contributed by atoms with Crippen LogP contribution in [0.3, 0.4) is 0 Å². The largest absolute Gasteiger partial charge is 0.384 e. The number of nitrogens with two attached hydrogens (primary N) is 1. The molecule has 0 aliphatic carbocycles. The van der Waals surface area contributed by atoms with Crippen LogP contribution in [0.2, 0.25) is 0 Å². The Morgan fingerprint density at radius 2 is 1.88 bits per heavy atom. The molecule has 0 bridgehead atoms.